The Balaban J connectivity index is 2.56. The van der Waals surface area contributed by atoms with Gasteiger partial charge in [-0.05, 0) is 31.5 Å². The van der Waals surface area contributed by atoms with E-state index in [1.165, 1.54) is 0 Å². The molecule has 2 nitrogen and oxygen atoms in total. The van der Waals surface area contributed by atoms with E-state index in [0.29, 0.717) is 17.1 Å². The van der Waals surface area contributed by atoms with Crippen LogP contribution in [0.25, 0.3) is 10.9 Å². The van der Waals surface area contributed by atoms with Crippen LogP contribution in [-0.2, 0) is 0 Å². The summed E-state index contributed by atoms with van der Waals surface area (Å²) in [4.78, 5) is 4.29. The average molecular weight is 248 g/mol. The molecule has 3 heteroatoms. The zero-order valence-corrected chi connectivity index (χ0v) is 10.4. The van der Waals surface area contributed by atoms with Gasteiger partial charge in [-0.15, -0.1) is 6.58 Å². The minimum Gasteiger partial charge on any atom is -0.388 e. The van der Waals surface area contributed by atoms with Gasteiger partial charge in [0.05, 0.1) is 11.6 Å². The maximum absolute atomic E-state index is 9.93. The number of rotatable bonds is 3. The fourth-order valence-electron chi connectivity index (χ4n) is 1.81. The number of aliphatic hydroxyl groups is 1. The number of benzene rings is 1. The maximum Gasteiger partial charge on any atom is 0.135 e. The van der Waals surface area contributed by atoms with E-state index in [9.17, 15) is 5.11 Å². The molecule has 1 aromatic carbocycles. The SMILES string of the molecule is C=CCC(O)c1cc2cc(C)ccc2nc1Cl. The lowest BCUT2D eigenvalue weighted by molar-refractivity contribution is 0.181. The quantitative estimate of drug-likeness (QED) is 0.661. The van der Waals surface area contributed by atoms with Crippen molar-refractivity contribution in [1.29, 1.82) is 0 Å². The molecule has 17 heavy (non-hydrogen) atoms. The molecule has 0 aliphatic carbocycles. The number of aliphatic hydroxyl groups excluding tert-OH is 1. The van der Waals surface area contributed by atoms with Gasteiger partial charge in [-0.25, -0.2) is 4.98 Å². The Hall–Kier alpha value is -1.38. The predicted octanol–water partition coefficient (Wildman–Crippen LogP) is 3.81. The molecule has 1 aromatic heterocycles. The summed E-state index contributed by atoms with van der Waals surface area (Å²) >= 11 is 6.07. The van der Waals surface area contributed by atoms with Gasteiger partial charge in [0.15, 0.2) is 0 Å². The standard InChI is InChI=1S/C14H14ClNO/c1-3-4-13(17)11-8-10-7-9(2)5-6-12(10)16-14(11)15/h3,5-8,13,17H,1,4H2,2H3. The van der Waals surface area contributed by atoms with Crippen molar-refractivity contribution in [2.75, 3.05) is 0 Å². The van der Waals surface area contributed by atoms with Gasteiger partial charge in [0.1, 0.15) is 5.15 Å². The number of aryl methyl sites for hydroxylation is 1. The zero-order chi connectivity index (χ0) is 12.4. The van der Waals surface area contributed by atoms with Crippen molar-refractivity contribution in [3.63, 3.8) is 0 Å². The summed E-state index contributed by atoms with van der Waals surface area (Å²) in [6.45, 7) is 5.63. The number of pyridine rings is 1. The Morgan fingerprint density at radius 1 is 1.47 bits per heavy atom. The van der Waals surface area contributed by atoms with Gasteiger partial charge >= 0.3 is 0 Å². The van der Waals surface area contributed by atoms with Gasteiger partial charge in [-0.1, -0.05) is 29.3 Å². The lowest BCUT2D eigenvalue weighted by atomic mass is 10.0. The van der Waals surface area contributed by atoms with Gasteiger partial charge in [0, 0.05) is 10.9 Å². The molecular weight excluding hydrogens is 234 g/mol. The lowest BCUT2D eigenvalue weighted by Gasteiger charge is -2.11. The fraction of sp³-hybridized carbons (Fsp3) is 0.214. The third-order valence-corrected chi connectivity index (χ3v) is 3.00. The molecule has 2 rings (SSSR count). The summed E-state index contributed by atoms with van der Waals surface area (Å²) in [6, 6.07) is 7.85. The first-order valence-electron chi connectivity index (χ1n) is 5.47. The van der Waals surface area contributed by atoms with Crippen molar-refractivity contribution < 1.29 is 5.11 Å². The first-order valence-corrected chi connectivity index (χ1v) is 5.85. The van der Waals surface area contributed by atoms with Gasteiger partial charge in [0.2, 0.25) is 0 Å². The second-order valence-corrected chi connectivity index (χ2v) is 4.46. The Bertz CT molecular complexity index is 565. The summed E-state index contributed by atoms with van der Waals surface area (Å²) in [7, 11) is 0. The summed E-state index contributed by atoms with van der Waals surface area (Å²) in [5, 5.41) is 11.3. The molecule has 0 amide bonds. The van der Waals surface area contributed by atoms with Gasteiger partial charge in [-0.2, -0.15) is 0 Å². The van der Waals surface area contributed by atoms with E-state index in [4.69, 9.17) is 11.6 Å². The van der Waals surface area contributed by atoms with Crippen LogP contribution in [-0.4, -0.2) is 10.1 Å². The van der Waals surface area contributed by atoms with Crippen LogP contribution < -0.4 is 0 Å². The van der Waals surface area contributed by atoms with E-state index in [0.717, 1.165) is 16.5 Å². The zero-order valence-electron chi connectivity index (χ0n) is 9.65. The van der Waals surface area contributed by atoms with E-state index in [1.54, 1.807) is 6.08 Å². The Kier molecular flexibility index (Phi) is 3.46. The molecule has 1 unspecified atom stereocenters. The fourth-order valence-corrected chi connectivity index (χ4v) is 2.08. The van der Waals surface area contributed by atoms with Crippen molar-refractivity contribution in [3.05, 3.63) is 53.2 Å². The molecule has 0 radical (unpaired) electrons. The average Bonchev–Trinajstić information content (AvgIpc) is 2.29. The van der Waals surface area contributed by atoms with Crippen molar-refractivity contribution in [3.8, 4) is 0 Å². The molecule has 0 saturated heterocycles. The molecule has 0 spiro atoms. The third kappa shape index (κ3) is 2.48. The number of hydrogen-bond acceptors (Lipinski definition) is 2. The first-order chi connectivity index (χ1) is 8.11. The molecule has 2 aromatic rings. The van der Waals surface area contributed by atoms with Crippen LogP contribution in [0.3, 0.4) is 0 Å². The number of fused-ring (bicyclic) bond motifs is 1. The Morgan fingerprint density at radius 3 is 2.94 bits per heavy atom. The van der Waals surface area contributed by atoms with Crippen LogP contribution >= 0.6 is 11.6 Å². The van der Waals surface area contributed by atoms with Gasteiger partial charge in [-0.3, -0.25) is 0 Å². The minimum atomic E-state index is -0.641. The summed E-state index contributed by atoms with van der Waals surface area (Å²) < 4.78 is 0. The van der Waals surface area contributed by atoms with Gasteiger partial charge in [0.25, 0.3) is 0 Å². The molecule has 88 valence electrons. The molecule has 1 heterocycles. The number of aromatic nitrogens is 1. The van der Waals surface area contributed by atoms with E-state index < -0.39 is 6.10 Å². The monoisotopic (exact) mass is 247 g/mol. The van der Waals surface area contributed by atoms with Gasteiger partial charge < -0.3 is 5.11 Å². The van der Waals surface area contributed by atoms with Crippen molar-refractivity contribution >= 4 is 22.5 Å². The minimum absolute atomic E-state index is 0.357. The third-order valence-electron chi connectivity index (χ3n) is 2.70. The summed E-state index contributed by atoms with van der Waals surface area (Å²) in [5.41, 5.74) is 2.66. The normalized spacial score (nSPS) is 12.6. The largest absolute Gasteiger partial charge is 0.388 e. The van der Waals surface area contributed by atoms with Crippen LogP contribution in [0.5, 0.6) is 0 Å². The predicted molar refractivity (Wildman–Crippen MR) is 71.3 cm³/mol. The van der Waals surface area contributed by atoms with Crippen LogP contribution in [0.2, 0.25) is 5.15 Å². The summed E-state index contributed by atoms with van der Waals surface area (Å²) in [5.74, 6) is 0. The maximum atomic E-state index is 9.93. The molecule has 0 bridgehead atoms. The smallest absolute Gasteiger partial charge is 0.135 e. The highest BCUT2D eigenvalue weighted by Crippen LogP contribution is 2.28. The number of hydrogen-bond donors (Lipinski definition) is 1. The van der Waals surface area contributed by atoms with E-state index in [1.807, 2.05) is 31.2 Å². The Morgan fingerprint density at radius 2 is 2.24 bits per heavy atom. The highest BCUT2D eigenvalue weighted by atomic mass is 35.5. The lowest BCUT2D eigenvalue weighted by Crippen LogP contribution is -1.98. The second-order valence-electron chi connectivity index (χ2n) is 4.10. The molecule has 0 aliphatic heterocycles. The van der Waals surface area contributed by atoms with Crippen molar-refractivity contribution in [2.45, 2.75) is 19.4 Å². The number of halogens is 1. The highest BCUT2D eigenvalue weighted by molar-refractivity contribution is 6.30. The van der Waals surface area contributed by atoms with E-state index in [2.05, 4.69) is 11.6 Å². The molecular formula is C14H14ClNO. The van der Waals surface area contributed by atoms with Crippen LogP contribution in [0.1, 0.15) is 23.7 Å². The molecule has 0 aliphatic rings. The Labute approximate surface area is 106 Å². The van der Waals surface area contributed by atoms with Crippen LogP contribution in [0.15, 0.2) is 36.9 Å². The first kappa shape index (κ1) is 12.1. The summed E-state index contributed by atoms with van der Waals surface area (Å²) in [6.07, 6.45) is 1.50. The molecule has 0 saturated carbocycles. The topological polar surface area (TPSA) is 33.1 Å². The molecule has 1 N–H and O–H groups in total. The second kappa shape index (κ2) is 4.86. The number of nitrogens with zero attached hydrogens (tertiary/aromatic N) is 1. The van der Waals surface area contributed by atoms with E-state index in [-0.39, 0.29) is 0 Å². The van der Waals surface area contributed by atoms with Crippen LogP contribution in [0, 0.1) is 6.92 Å². The molecule has 1 atom stereocenters. The molecule has 0 fully saturated rings. The van der Waals surface area contributed by atoms with Crippen molar-refractivity contribution in [2.24, 2.45) is 0 Å². The highest BCUT2D eigenvalue weighted by Gasteiger charge is 2.12. The van der Waals surface area contributed by atoms with E-state index >= 15 is 0 Å². The van der Waals surface area contributed by atoms with Crippen molar-refractivity contribution in [1.82, 2.24) is 4.98 Å². The van der Waals surface area contributed by atoms with Crippen LogP contribution in [0.4, 0.5) is 0 Å².